The third-order valence-corrected chi connectivity index (χ3v) is 7.36. The van der Waals surface area contributed by atoms with E-state index in [1.165, 1.54) is 4.90 Å². The van der Waals surface area contributed by atoms with Crippen LogP contribution in [0.3, 0.4) is 0 Å². The molecule has 9 nitrogen and oxygen atoms in total. The molecule has 1 aromatic heterocycles. The van der Waals surface area contributed by atoms with E-state index in [0.717, 1.165) is 44.1 Å². The van der Waals surface area contributed by atoms with Crippen molar-refractivity contribution in [2.45, 2.75) is 69.7 Å². The molecular weight excluding hydrogens is 458 g/mol. The lowest BCUT2D eigenvalue weighted by Gasteiger charge is -2.37. The topological polar surface area (TPSA) is 115 Å². The van der Waals surface area contributed by atoms with Crippen LogP contribution in [0.4, 0.5) is 11.4 Å². The number of aliphatic hydroxyl groups is 1. The summed E-state index contributed by atoms with van der Waals surface area (Å²) in [4.78, 5) is 46.7. The molecule has 0 radical (unpaired) electrons. The maximum Gasteiger partial charge on any atom is 0.251 e. The Morgan fingerprint density at radius 3 is 2.47 bits per heavy atom. The van der Waals surface area contributed by atoms with Crippen LogP contribution in [0.1, 0.15) is 67.4 Å². The molecule has 2 fully saturated rings. The third-order valence-electron chi connectivity index (χ3n) is 7.36. The van der Waals surface area contributed by atoms with E-state index < -0.39 is 0 Å². The van der Waals surface area contributed by atoms with E-state index in [-0.39, 0.29) is 55.0 Å². The highest BCUT2D eigenvalue weighted by molar-refractivity contribution is 6.13. The fourth-order valence-corrected chi connectivity index (χ4v) is 5.09. The van der Waals surface area contributed by atoms with Crippen molar-refractivity contribution in [3.63, 3.8) is 0 Å². The summed E-state index contributed by atoms with van der Waals surface area (Å²) in [5, 5.41) is 16.0. The lowest BCUT2D eigenvalue weighted by Crippen LogP contribution is -2.52. The summed E-state index contributed by atoms with van der Waals surface area (Å²) >= 11 is 0. The van der Waals surface area contributed by atoms with E-state index in [0.29, 0.717) is 16.9 Å². The van der Waals surface area contributed by atoms with Gasteiger partial charge in [-0.25, -0.2) is 0 Å². The highest BCUT2D eigenvalue weighted by atomic mass is 16.3. The SMILES string of the molecule is C[C@H](NC(=O)c1ccc2c(c1)N(C(=O)CNC1CCC(O)CC1)CC(=O)N2C1CC1)c1ccncc1. The molecule has 190 valence electrons. The number of pyridine rings is 1. The van der Waals surface area contributed by atoms with Crippen LogP contribution in [0.15, 0.2) is 42.7 Å². The summed E-state index contributed by atoms with van der Waals surface area (Å²) in [7, 11) is 0. The first-order chi connectivity index (χ1) is 17.4. The first kappa shape index (κ1) is 24.4. The zero-order valence-electron chi connectivity index (χ0n) is 20.5. The Morgan fingerprint density at radius 2 is 1.78 bits per heavy atom. The molecular formula is C27H33N5O4. The first-order valence-electron chi connectivity index (χ1n) is 12.8. The molecule has 3 N–H and O–H groups in total. The summed E-state index contributed by atoms with van der Waals surface area (Å²) in [5.41, 5.74) is 2.66. The molecule has 0 bridgehead atoms. The number of fused-ring (bicyclic) bond motifs is 1. The molecule has 2 heterocycles. The molecule has 0 unspecified atom stereocenters. The molecule has 5 rings (SSSR count). The number of rotatable bonds is 7. The molecule has 1 aliphatic heterocycles. The van der Waals surface area contributed by atoms with Gasteiger partial charge in [0.05, 0.1) is 30.1 Å². The monoisotopic (exact) mass is 491 g/mol. The number of nitrogens with zero attached hydrogens (tertiary/aromatic N) is 3. The summed E-state index contributed by atoms with van der Waals surface area (Å²) in [6, 6.07) is 9.06. The second kappa shape index (κ2) is 10.4. The summed E-state index contributed by atoms with van der Waals surface area (Å²) in [5.74, 6) is -0.542. The second-order valence-corrected chi connectivity index (χ2v) is 10.0. The van der Waals surface area contributed by atoms with Crippen LogP contribution in [0, 0.1) is 0 Å². The van der Waals surface area contributed by atoms with Gasteiger partial charge in [-0.1, -0.05) is 0 Å². The third kappa shape index (κ3) is 5.27. The Balaban J connectivity index is 1.35. The Hall–Kier alpha value is -3.30. The van der Waals surface area contributed by atoms with Crippen molar-refractivity contribution in [1.82, 2.24) is 15.6 Å². The molecule has 0 spiro atoms. The van der Waals surface area contributed by atoms with Gasteiger partial charge in [-0.3, -0.25) is 24.3 Å². The number of anilines is 2. The van der Waals surface area contributed by atoms with Crippen molar-refractivity contribution >= 4 is 29.1 Å². The Morgan fingerprint density at radius 1 is 1.06 bits per heavy atom. The predicted molar refractivity (Wildman–Crippen MR) is 136 cm³/mol. The van der Waals surface area contributed by atoms with Crippen LogP contribution < -0.4 is 20.4 Å². The van der Waals surface area contributed by atoms with Gasteiger partial charge in [-0.05, 0) is 81.3 Å². The molecule has 1 aromatic carbocycles. The lowest BCUT2D eigenvalue weighted by molar-refractivity contribution is -0.122. The van der Waals surface area contributed by atoms with E-state index in [4.69, 9.17) is 0 Å². The molecule has 3 amide bonds. The maximum absolute atomic E-state index is 13.3. The van der Waals surface area contributed by atoms with Gasteiger partial charge in [0.2, 0.25) is 11.8 Å². The molecule has 2 saturated carbocycles. The fourth-order valence-electron chi connectivity index (χ4n) is 5.09. The standard InChI is InChI=1S/C27H33N5O4/c1-17(18-10-12-28-13-11-18)30-27(36)19-2-9-23-24(14-19)31(16-26(35)32(23)21-5-6-21)25(34)15-29-20-3-7-22(33)8-4-20/h2,9-14,17,20-22,29,33H,3-8,15-16H2,1H3,(H,30,36)/t17-,20?,22?/m0/s1. The molecule has 9 heteroatoms. The van der Waals surface area contributed by atoms with Crippen molar-refractivity contribution in [1.29, 1.82) is 0 Å². The van der Waals surface area contributed by atoms with E-state index in [1.54, 1.807) is 35.5 Å². The number of hydrogen-bond acceptors (Lipinski definition) is 6. The average Bonchev–Trinajstić information content (AvgIpc) is 3.73. The Bertz CT molecular complexity index is 1130. The van der Waals surface area contributed by atoms with Crippen LogP contribution in [-0.2, 0) is 9.59 Å². The minimum atomic E-state index is -0.260. The molecule has 3 aliphatic rings. The number of amides is 3. The number of benzene rings is 1. The van der Waals surface area contributed by atoms with Crippen LogP contribution in [0.2, 0.25) is 0 Å². The van der Waals surface area contributed by atoms with Gasteiger partial charge in [0.1, 0.15) is 6.54 Å². The quantitative estimate of drug-likeness (QED) is 0.548. The number of hydrogen-bond donors (Lipinski definition) is 3. The predicted octanol–water partition coefficient (Wildman–Crippen LogP) is 2.31. The van der Waals surface area contributed by atoms with Crippen molar-refractivity contribution in [3.05, 3.63) is 53.9 Å². The largest absolute Gasteiger partial charge is 0.393 e. The highest BCUT2D eigenvalue weighted by Crippen LogP contribution is 2.41. The smallest absolute Gasteiger partial charge is 0.251 e. The summed E-state index contributed by atoms with van der Waals surface area (Å²) in [6.45, 7) is 1.98. The van der Waals surface area contributed by atoms with Crippen LogP contribution >= 0.6 is 0 Å². The number of nitrogens with one attached hydrogen (secondary N) is 2. The molecule has 2 aliphatic carbocycles. The zero-order valence-corrected chi connectivity index (χ0v) is 20.5. The molecule has 2 aromatic rings. The zero-order chi connectivity index (χ0) is 25.2. The number of aliphatic hydroxyl groups excluding tert-OH is 1. The second-order valence-electron chi connectivity index (χ2n) is 10.0. The van der Waals surface area contributed by atoms with Crippen LogP contribution in [0.25, 0.3) is 0 Å². The minimum Gasteiger partial charge on any atom is -0.393 e. The normalized spacial score (nSPS) is 22.7. The lowest BCUT2D eigenvalue weighted by atomic mass is 9.93. The van der Waals surface area contributed by atoms with Crippen molar-refractivity contribution in [2.75, 3.05) is 22.9 Å². The van der Waals surface area contributed by atoms with Crippen molar-refractivity contribution < 1.29 is 19.5 Å². The van der Waals surface area contributed by atoms with E-state index in [1.807, 2.05) is 19.1 Å². The Kier molecular flexibility index (Phi) is 7.02. The van der Waals surface area contributed by atoms with Gasteiger partial charge in [-0.15, -0.1) is 0 Å². The summed E-state index contributed by atoms with van der Waals surface area (Å²) in [6.07, 6.45) is 8.09. The van der Waals surface area contributed by atoms with E-state index in [9.17, 15) is 19.5 Å². The fraction of sp³-hybridized carbons (Fsp3) is 0.481. The van der Waals surface area contributed by atoms with E-state index in [2.05, 4.69) is 15.6 Å². The van der Waals surface area contributed by atoms with Crippen molar-refractivity contribution in [3.8, 4) is 0 Å². The van der Waals surface area contributed by atoms with Gasteiger partial charge in [0, 0.05) is 30.0 Å². The van der Waals surface area contributed by atoms with Gasteiger partial charge in [0.15, 0.2) is 0 Å². The van der Waals surface area contributed by atoms with Gasteiger partial charge < -0.3 is 20.6 Å². The van der Waals surface area contributed by atoms with Gasteiger partial charge in [0.25, 0.3) is 5.91 Å². The number of aromatic nitrogens is 1. The maximum atomic E-state index is 13.3. The number of carbonyl (C=O) groups is 3. The summed E-state index contributed by atoms with van der Waals surface area (Å²) < 4.78 is 0. The van der Waals surface area contributed by atoms with Crippen LogP contribution in [-0.4, -0.2) is 59.1 Å². The van der Waals surface area contributed by atoms with Gasteiger partial charge >= 0.3 is 0 Å². The van der Waals surface area contributed by atoms with Gasteiger partial charge in [-0.2, -0.15) is 0 Å². The number of carbonyl (C=O) groups excluding carboxylic acids is 3. The highest BCUT2D eigenvalue weighted by Gasteiger charge is 2.41. The first-order valence-corrected chi connectivity index (χ1v) is 12.8. The Labute approximate surface area is 210 Å². The molecule has 0 saturated heterocycles. The van der Waals surface area contributed by atoms with Crippen molar-refractivity contribution in [2.24, 2.45) is 0 Å². The molecule has 1 atom stereocenters. The minimum absolute atomic E-state index is 0.0358. The average molecular weight is 492 g/mol. The molecule has 36 heavy (non-hydrogen) atoms. The van der Waals surface area contributed by atoms with Crippen LogP contribution in [0.5, 0.6) is 0 Å². The van der Waals surface area contributed by atoms with E-state index >= 15 is 0 Å².